The highest BCUT2D eigenvalue weighted by Gasteiger charge is 2.37. The molecule has 1 aliphatic heterocycles. The second-order valence-electron chi connectivity index (χ2n) is 6.73. The summed E-state index contributed by atoms with van der Waals surface area (Å²) in [5.41, 5.74) is 1.46. The van der Waals surface area contributed by atoms with Gasteiger partial charge in [0.1, 0.15) is 11.7 Å². The molecular formula is C21H21BrFN3O3. The van der Waals surface area contributed by atoms with E-state index in [0.29, 0.717) is 18.5 Å². The van der Waals surface area contributed by atoms with Gasteiger partial charge in [0, 0.05) is 24.1 Å². The minimum atomic E-state index is -0.725. The van der Waals surface area contributed by atoms with Crippen LogP contribution in [0, 0.1) is 11.7 Å². The van der Waals surface area contributed by atoms with Gasteiger partial charge >= 0.3 is 0 Å². The topological polar surface area (TPSA) is 78.5 Å². The molecule has 1 saturated heterocycles. The number of halogens is 2. The molecule has 2 aromatic rings. The summed E-state index contributed by atoms with van der Waals surface area (Å²) < 4.78 is 13.7. The van der Waals surface area contributed by atoms with Crippen LogP contribution in [0.1, 0.15) is 12.0 Å². The van der Waals surface area contributed by atoms with Crippen LogP contribution >= 0.6 is 15.9 Å². The molecule has 6 nitrogen and oxygen atoms in total. The molecule has 2 N–H and O–H groups in total. The zero-order valence-electron chi connectivity index (χ0n) is 15.7. The maximum absolute atomic E-state index is 12.9. The summed E-state index contributed by atoms with van der Waals surface area (Å²) in [6.45, 7) is 0.960. The van der Waals surface area contributed by atoms with Crippen LogP contribution in [0.4, 0.5) is 10.1 Å². The molecule has 1 aliphatic rings. The molecule has 3 amide bonds. The first kappa shape index (κ1) is 21.0. The van der Waals surface area contributed by atoms with Crippen LogP contribution in [-0.4, -0.2) is 37.4 Å². The van der Waals surface area contributed by atoms with E-state index in [4.69, 9.17) is 0 Å². The highest BCUT2D eigenvalue weighted by Crippen LogP contribution is 2.31. The fourth-order valence-corrected chi connectivity index (χ4v) is 3.69. The smallest absolute Gasteiger partial charge is 0.239 e. The number of hydrogen-bond acceptors (Lipinski definition) is 3. The number of hydrogen-bond donors (Lipinski definition) is 2. The van der Waals surface area contributed by atoms with Crippen molar-refractivity contribution in [2.24, 2.45) is 5.92 Å². The second kappa shape index (κ2) is 9.65. The number of carbonyl (C=O) groups excluding carboxylic acids is 3. The van der Waals surface area contributed by atoms with Gasteiger partial charge in [-0.1, -0.05) is 24.3 Å². The van der Waals surface area contributed by atoms with Crippen LogP contribution in [0.5, 0.6) is 0 Å². The Kier molecular flexibility index (Phi) is 6.98. The lowest BCUT2D eigenvalue weighted by Gasteiger charge is -2.18. The van der Waals surface area contributed by atoms with Crippen LogP contribution in [0.25, 0.3) is 0 Å². The molecule has 0 radical (unpaired) electrons. The number of rotatable bonds is 7. The molecular weight excluding hydrogens is 441 g/mol. The van der Waals surface area contributed by atoms with Crippen LogP contribution in [0.15, 0.2) is 53.0 Å². The Balaban J connectivity index is 1.42. The Hall–Kier alpha value is -2.74. The van der Waals surface area contributed by atoms with Gasteiger partial charge in [-0.05, 0) is 52.2 Å². The van der Waals surface area contributed by atoms with E-state index in [0.717, 1.165) is 10.2 Å². The predicted molar refractivity (Wildman–Crippen MR) is 111 cm³/mol. The van der Waals surface area contributed by atoms with Crippen LogP contribution in [-0.2, 0) is 20.8 Å². The molecule has 29 heavy (non-hydrogen) atoms. The molecule has 8 heteroatoms. The van der Waals surface area contributed by atoms with Gasteiger partial charge in [-0.15, -0.1) is 0 Å². The summed E-state index contributed by atoms with van der Waals surface area (Å²) in [4.78, 5) is 38.5. The Bertz CT molecular complexity index is 904. The summed E-state index contributed by atoms with van der Waals surface area (Å²) in [5.74, 6) is -1.86. The highest BCUT2D eigenvalue weighted by atomic mass is 79.9. The third-order valence-electron chi connectivity index (χ3n) is 4.69. The fraction of sp³-hybridized carbons (Fsp3) is 0.286. The Morgan fingerprint density at radius 1 is 1.07 bits per heavy atom. The molecule has 0 aliphatic carbocycles. The van der Waals surface area contributed by atoms with Gasteiger partial charge in [0.15, 0.2) is 0 Å². The van der Waals surface area contributed by atoms with Gasteiger partial charge in [0.05, 0.1) is 12.1 Å². The van der Waals surface area contributed by atoms with E-state index in [9.17, 15) is 18.8 Å². The van der Waals surface area contributed by atoms with Gasteiger partial charge < -0.3 is 15.5 Å². The Morgan fingerprint density at radius 2 is 1.76 bits per heavy atom. The molecule has 3 rings (SSSR count). The molecule has 1 atom stereocenters. The normalized spacial score (nSPS) is 16.0. The second-order valence-corrected chi connectivity index (χ2v) is 7.58. The van der Waals surface area contributed by atoms with Crippen molar-refractivity contribution in [1.29, 1.82) is 0 Å². The van der Waals surface area contributed by atoms with Crippen molar-refractivity contribution in [3.8, 4) is 0 Å². The summed E-state index contributed by atoms with van der Waals surface area (Å²) in [7, 11) is 0. The zero-order valence-corrected chi connectivity index (χ0v) is 17.2. The molecule has 0 aromatic heterocycles. The molecule has 0 bridgehead atoms. The van der Waals surface area contributed by atoms with Crippen molar-refractivity contribution in [3.05, 3.63) is 64.4 Å². The molecule has 1 heterocycles. The molecule has 152 valence electrons. The van der Waals surface area contributed by atoms with E-state index in [1.165, 1.54) is 12.1 Å². The summed E-state index contributed by atoms with van der Waals surface area (Å²) >= 11 is 3.43. The van der Waals surface area contributed by atoms with Crippen molar-refractivity contribution in [2.45, 2.75) is 12.8 Å². The Morgan fingerprint density at radius 3 is 2.48 bits per heavy atom. The standard InChI is InChI=1S/C21H21BrFN3O3/c22-17-3-1-2-4-18(17)26-12-9-16(21(26)29)20(28)25-11-10-24-19(27)13-14-5-7-15(23)8-6-14/h1-8,16H,9-13H2,(H,24,27)(H,25,28). The monoisotopic (exact) mass is 461 g/mol. The van der Waals surface area contributed by atoms with E-state index in [-0.39, 0.29) is 43.0 Å². The summed E-state index contributed by atoms with van der Waals surface area (Å²) in [5, 5.41) is 5.40. The van der Waals surface area contributed by atoms with Crippen molar-refractivity contribution in [1.82, 2.24) is 10.6 Å². The van der Waals surface area contributed by atoms with Crippen LogP contribution < -0.4 is 15.5 Å². The number of amides is 3. The predicted octanol–water partition coefficient (Wildman–Crippen LogP) is 2.42. The van der Waals surface area contributed by atoms with E-state index in [2.05, 4.69) is 26.6 Å². The van der Waals surface area contributed by atoms with Gasteiger partial charge in [0.2, 0.25) is 17.7 Å². The van der Waals surface area contributed by atoms with Gasteiger partial charge in [0.25, 0.3) is 0 Å². The van der Waals surface area contributed by atoms with Crippen molar-refractivity contribution in [3.63, 3.8) is 0 Å². The number of nitrogens with zero attached hydrogens (tertiary/aromatic N) is 1. The van der Waals surface area contributed by atoms with Gasteiger partial charge in [-0.2, -0.15) is 0 Å². The van der Waals surface area contributed by atoms with E-state index in [1.807, 2.05) is 24.3 Å². The third kappa shape index (κ3) is 5.41. The minimum absolute atomic E-state index is 0.135. The van der Waals surface area contributed by atoms with E-state index < -0.39 is 5.92 Å². The average molecular weight is 462 g/mol. The van der Waals surface area contributed by atoms with Crippen LogP contribution in [0.2, 0.25) is 0 Å². The minimum Gasteiger partial charge on any atom is -0.354 e. The number of nitrogens with one attached hydrogen (secondary N) is 2. The van der Waals surface area contributed by atoms with Crippen LogP contribution in [0.3, 0.4) is 0 Å². The van der Waals surface area contributed by atoms with Crippen molar-refractivity contribution < 1.29 is 18.8 Å². The molecule has 1 fully saturated rings. The Labute approximate surface area is 176 Å². The largest absolute Gasteiger partial charge is 0.354 e. The summed E-state index contributed by atoms with van der Waals surface area (Å²) in [6, 6.07) is 13.1. The van der Waals surface area contributed by atoms with E-state index >= 15 is 0 Å². The van der Waals surface area contributed by atoms with Gasteiger partial charge in [-0.25, -0.2) is 4.39 Å². The fourth-order valence-electron chi connectivity index (χ4n) is 3.19. The number of para-hydroxylation sites is 1. The maximum Gasteiger partial charge on any atom is 0.239 e. The first-order chi connectivity index (χ1) is 14.0. The highest BCUT2D eigenvalue weighted by molar-refractivity contribution is 9.10. The number of anilines is 1. The number of benzene rings is 2. The lowest BCUT2D eigenvalue weighted by Crippen LogP contribution is -2.40. The number of carbonyl (C=O) groups is 3. The molecule has 1 unspecified atom stereocenters. The molecule has 0 spiro atoms. The average Bonchev–Trinajstić information content (AvgIpc) is 3.08. The SMILES string of the molecule is O=C(Cc1ccc(F)cc1)NCCNC(=O)C1CCN(c2ccccc2Br)C1=O. The third-order valence-corrected chi connectivity index (χ3v) is 5.36. The molecule has 2 aromatic carbocycles. The first-order valence-corrected chi connectivity index (χ1v) is 10.1. The quantitative estimate of drug-likeness (QED) is 0.490. The van der Waals surface area contributed by atoms with Crippen molar-refractivity contribution >= 4 is 39.3 Å². The van der Waals surface area contributed by atoms with Gasteiger partial charge in [-0.3, -0.25) is 14.4 Å². The van der Waals surface area contributed by atoms with E-state index in [1.54, 1.807) is 17.0 Å². The van der Waals surface area contributed by atoms with Crippen molar-refractivity contribution in [2.75, 3.05) is 24.5 Å². The molecule has 0 saturated carbocycles. The lowest BCUT2D eigenvalue weighted by atomic mass is 10.1. The summed E-state index contributed by atoms with van der Waals surface area (Å²) in [6.07, 6.45) is 0.583. The lowest BCUT2D eigenvalue weighted by molar-refractivity contribution is -0.132. The zero-order chi connectivity index (χ0) is 20.8. The maximum atomic E-state index is 12.9. The first-order valence-electron chi connectivity index (χ1n) is 9.30.